The van der Waals surface area contributed by atoms with Gasteiger partial charge in [0.1, 0.15) is 6.54 Å². The normalized spacial score (nSPS) is 13.3. The summed E-state index contributed by atoms with van der Waals surface area (Å²) in [6.45, 7) is 2.12. The van der Waals surface area contributed by atoms with E-state index in [4.69, 9.17) is 4.74 Å². The molecular weight excluding hydrogens is 280 g/mol. The summed E-state index contributed by atoms with van der Waals surface area (Å²) in [4.78, 5) is 25.6. The second kappa shape index (κ2) is 5.89. The van der Waals surface area contributed by atoms with Crippen molar-refractivity contribution in [1.82, 2.24) is 0 Å². The van der Waals surface area contributed by atoms with Crippen LogP contribution in [-0.2, 0) is 9.59 Å². The van der Waals surface area contributed by atoms with Crippen molar-refractivity contribution in [3.8, 4) is 5.75 Å². The summed E-state index contributed by atoms with van der Waals surface area (Å²) in [5.74, 6) is -0.0356. The fourth-order valence-corrected chi connectivity index (χ4v) is 2.39. The Kier molecular flexibility index (Phi) is 3.78. The maximum Gasteiger partial charge on any atom is 0.331 e. The first-order valence-corrected chi connectivity index (χ1v) is 7.03. The topological polar surface area (TPSA) is 58.6 Å². The minimum Gasteiger partial charge on any atom is -0.423 e. The number of rotatable bonds is 3. The highest BCUT2D eigenvalue weighted by Gasteiger charge is 2.25. The highest BCUT2D eigenvalue weighted by Crippen LogP contribution is 2.32. The van der Waals surface area contributed by atoms with Gasteiger partial charge >= 0.3 is 5.97 Å². The summed E-state index contributed by atoms with van der Waals surface area (Å²) in [7, 11) is 0. The molecule has 0 saturated heterocycles. The Morgan fingerprint density at radius 2 is 2.00 bits per heavy atom. The summed E-state index contributed by atoms with van der Waals surface area (Å²) in [5, 5.41) is 2.82. The molecule has 1 N–H and O–H groups in total. The summed E-state index contributed by atoms with van der Waals surface area (Å²) in [5.41, 5.74) is 2.55. The van der Waals surface area contributed by atoms with Crippen LogP contribution in [0.2, 0.25) is 0 Å². The van der Waals surface area contributed by atoms with Crippen molar-refractivity contribution < 1.29 is 14.3 Å². The number of hydrogen-bond acceptors (Lipinski definition) is 4. The van der Waals surface area contributed by atoms with E-state index in [-0.39, 0.29) is 25.0 Å². The first kappa shape index (κ1) is 14.1. The molecule has 1 aliphatic heterocycles. The molecule has 0 radical (unpaired) electrons. The Balaban J connectivity index is 1.76. The maximum absolute atomic E-state index is 12.2. The van der Waals surface area contributed by atoms with Gasteiger partial charge in [0.05, 0.1) is 12.2 Å². The van der Waals surface area contributed by atoms with Crippen LogP contribution in [0, 0.1) is 6.92 Å². The lowest BCUT2D eigenvalue weighted by Crippen LogP contribution is -2.41. The SMILES string of the molecule is Cc1ccc2c(c1)N(CC(=O)Nc1ccccc1)CC(=O)O2. The molecule has 5 nitrogen and oxygen atoms in total. The number of aryl methyl sites for hydroxylation is 1. The number of benzene rings is 2. The number of amides is 1. The molecule has 1 aliphatic rings. The zero-order valence-corrected chi connectivity index (χ0v) is 12.2. The number of fused-ring (bicyclic) bond motifs is 1. The molecule has 3 rings (SSSR count). The molecule has 2 aromatic rings. The van der Waals surface area contributed by atoms with Crippen LogP contribution in [-0.4, -0.2) is 25.0 Å². The number of esters is 1. The Hall–Kier alpha value is -2.82. The van der Waals surface area contributed by atoms with Gasteiger partial charge in [-0.15, -0.1) is 0 Å². The van der Waals surface area contributed by atoms with Gasteiger partial charge in [0.2, 0.25) is 5.91 Å². The van der Waals surface area contributed by atoms with Gasteiger partial charge in [-0.25, -0.2) is 4.79 Å². The van der Waals surface area contributed by atoms with Crippen molar-refractivity contribution in [2.24, 2.45) is 0 Å². The van der Waals surface area contributed by atoms with Crippen molar-refractivity contribution in [2.75, 3.05) is 23.3 Å². The van der Waals surface area contributed by atoms with E-state index >= 15 is 0 Å². The van der Waals surface area contributed by atoms with Crippen LogP contribution < -0.4 is 15.0 Å². The van der Waals surface area contributed by atoms with Crippen molar-refractivity contribution in [3.63, 3.8) is 0 Å². The number of nitrogens with zero attached hydrogens (tertiary/aromatic N) is 1. The molecule has 0 saturated carbocycles. The lowest BCUT2D eigenvalue weighted by molar-refractivity contribution is -0.133. The van der Waals surface area contributed by atoms with Crippen LogP contribution in [0.5, 0.6) is 5.75 Å². The minimum atomic E-state index is -0.358. The Labute approximate surface area is 128 Å². The van der Waals surface area contributed by atoms with E-state index in [1.807, 2.05) is 49.4 Å². The van der Waals surface area contributed by atoms with Crippen molar-refractivity contribution in [2.45, 2.75) is 6.92 Å². The van der Waals surface area contributed by atoms with Gasteiger partial charge in [-0.3, -0.25) is 4.79 Å². The first-order chi connectivity index (χ1) is 10.6. The molecule has 0 fully saturated rings. The third-order valence-electron chi connectivity index (χ3n) is 3.39. The highest BCUT2D eigenvalue weighted by atomic mass is 16.5. The third-order valence-corrected chi connectivity index (χ3v) is 3.39. The number of para-hydroxylation sites is 1. The number of carbonyl (C=O) groups excluding carboxylic acids is 2. The van der Waals surface area contributed by atoms with E-state index in [0.29, 0.717) is 5.75 Å². The second-order valence-corrected chi connectivity index (χ2v) is 5.22. The molecule has 2 aromatic carbocycles. The lowest BCUT2D eigenvalue weighted by atomic mass is 10.1. The molecule has 0 aromatic heterocycles. The Bertz CT molecular complexity index is 713. The van der Waals surface area contributed by atoms with Crippen molar-refractivity contribution in [3.05, 3.63) is 54.1 Å². The first-order valence-electron chi connectivity index (χ1n) is 7.03. The van der Waals surface area contributed by atoms with Crippen LogP contribution >= 0.6 is 0 Å². The molecule has 112 valence electrons. The van der Waals surface area contributed by atoms with Gasteiger partial charge in [-0.2, -0.15) is 0 Å². The molecule has 0 spiro atoms. The minimum absolute atomic E-state index is 0.0681. The van der Waals surface area contributed by atoms with Crippen molar-refractivity contribution in [1.29, 1.82) is 0 Å². The van der Waals surface area contributed by atoms with E-state index < -0.39 is 0 Å². The van der Waals surface area contributed by atoms with Gasteiger partial charge in [0.15, 0.2) is 5.75 Å². The Morgan fingerprint density at radius 1 is 1.23 bits per heavy atom. The molecule has 0 aliphatic carbocycles. The Morgan fingerprint density at radius 3 is 2.77 bits per heavy atom. The number of hydrogen-bond donors (Lipinski definition) is 1. The molecule has 0 bridgehead atoms. The van der Waals surface area contributed by atoms with Crippen LogP contribution in [0.1, 0.15) is 5.56 Å². The second-order valence-electron chi connectivity index (χ2n) is 5.22. The molecule has 0 atom stereocenters. The van der Waals surface area contributed by atoms with E-state index in [9.17, 15) is 9.59 Å². The standard InChI is InChI=1S/C17H16N2O3/c1-12-7-8-15-14(9-12)19(11-17(21)22-15)10-16(20)18-13-5-3-2-4-6-13/h2-9H,10-11H2,1H3,(H,18,20). The molecule has 1 heterocycles. The molecule has 5 heteroatoms. The fraction of sp³-hybridized carbons (Fsp3) is 0.176. The van der Waals surface area contributed by atoms with Crippen molar-refractivity contribution >= 4 is 23.3 Å². The average molecular weight is 296 g/mol. The number of ether oxygens (including phenoxy) is 1. The quantitative estimate of drug-likeness (QED) is 0.698. The summed E-state index contributed by atoms with van der Waals surface area (Å²) < 4.78 is 5.20. The molecule has 22 heavy (non-hydrogen) atoms. The van der Waals surface area contributed by atoms with Gasteiger partial charge < -0.3 is 15.0 Å². The fourth-order valence-electron chi connectivity index (χ4n) is 2.39. The highest BCUT2D eigenvalue weighted by molar-refractivity contribution is 5.96. The summed E-state index contributed by atoms with van der Waals surface area (Å²) in [6, 6.07) is 14.8. The largest absolute Gasteiger partial charge is 0.423 e. The summed E-state index contributed by atoms with van der Waals surface area (Å²) in [6.07, 6.45) is 0. The number of nitrogens with one attached hydrogen (secondary N) is 1. The average Bonchev–Trinajstić information content (AvgIpc) is 2.49. The van der Waals surface area contributed by atoms with E-state index in [1.54, 1.807) is 11.0 Å². The van der Waals surface area contributed by atoms with Crippen LogP contribution in [0.4, 0.5) is 11.4 Å². The molecule has 0 unspecified atom stereocenters. The third kappa shape index (κ3) is 3.09. The smallest absolute Gasteiger partial charge is 0.331 e. The van der Waals surface area contributed by atoms with E-state index in [1.165, 1.54) is 0 Å². The predicted octanol–water partition coefficient (Wildman–Crippen LogP) is 2.36. The molecular formula is C17H16N2O3. The van der Waals surface area contributed by atoms with Gasteiger partial charge in [0, 0.05) is 5.69 Å². The monoisotopic (exact) mass is 296 g/mol. The van der Waals surface area contributed by atoms with E-state index in [0.717, 1.165) is 16.9 Å². The van der Waals surface area contributed by atoms with Crippen LogP contribution in [0.25, 0.3) is 0 Å². The number of carbonyl (C=O) groups is 2. The van der Waals surface area contributed by atoms with E-state index in [2.05, 4.69) is 5.32 Å². The zero-order valence-electron chi connectivity index (χ0n) is 12.2. The van der Waals surface area contributed by atoms with Gasteiger partial charge in [-0.1, -0.05) is 24.3 Å². The predicted molar refractivity (Wildman–Crippen MR) is 84.1 cm³/mol. The van der Waals surface area contributed by atoms with Gasteiger partial charge in [0.25, 0.3) is 0 Å². The zero-order chi connectivity index (χ0) is 15.5. The lowest BCUT2D eigenvalue weighted by Gasteiger charge is -2.29. The van der Waals surface area contributed by atoms with Gasteiger partial charge in [-0.05, 0) is 36.8 Å². The molecule has 1 amide bonds. The summed E-state index contributed by atoms with van der Waals surface area (Å²) >= 11 is 0. The van der Waals surface area contributed by atoms with Crippen LogP contribution in [0.15, 0.2) is 48.5 Å². The van der Waals surface area contributed by atoms with Crippen LogP contribution in [0.3, 0.4) is 0 Å². The maximum atomic E-state index is 12.2. The number of anilines is 2.